The summed E-state index contributed by atoms with van der Waals surface area (Å²) in [7, 11) is 0. The van der Waals surface area contributed by atoms with E-state index in [1.54, 1.807) is 46.3 Å². The molecule has 3 unspecified atom stereocenters. The van der Waals surface area contributed by atoms with Gasteiger partial charge in [0.2, 0.25) is 0 Å². The average Bonchev–Trinajstić information content (AvgIpc) is 3.35. The highest BCUT2D eigenvalue weighted by Gasteiger charge is 2.36. The van der Waals surface area contributed by atoms with Gasteiger partial charge in [0.15, 0.2) is 0 Å². The predicted octanol–water partition coefficient (Wildman–Crippen LogP) is 5.22. The molecule has 0 fully saturated rings. The highest BCUT2D eigenvalue weighted by Crippen LogP contribution is 2.26. The zero-order valence-corrected chi connectivity index (χ0v) is 25.0. The molecule has 2 aromatic carbocycles. The number of ether oxygens (including phenoxy) is 4. The summed E-state index contributed by atoms with van der Waals surface area (Å²) in [6.45, 7) is 12.7. The molecule has 0 bridgehead atoms. The van der Waals surface area contributed by atoms with Gasteiger partial charge in [0.25, 0.3) is 0 Å². The second kappa shape index (κ2) is 14.6. The molecule has 0 amide bonds. The van der Waals surface area contributed by atoms with E-state index in [1.165, 1.54) is 0 Å². The summed E-state index contributed by atoms with van der Waals surface area (Å²) in [5.74, 6) is -3.10. The molecule has 0 aliphatic heterocycles. The largest absolute Gasteiger partial charge is 0.491 e. The van der Waals surface area contributed by atoms with Crippen molar-refractivity contribution in [2.75, 3.05) is 13.2 Å². The minimum atomic E-state index is -0.831. The summed E-state index contributed by atoms with van der Waals surface area (Å²) in [5, 5.41) is 9.11. The number of esters is 3. The van der Waals surface area contributed by atoms with Crippen LogP contribution in [0.25, 0.3) is 16.7 Å². The number of carbonyl (C=O) groups excluding carboxylic acids is 3. The molecule has 0 aliphatic rings. The molecule has 1 aromatic heterocycles. The van der Waals surface area contributed by atoms with Gasteiger partial charge in [-0.15, -0.1) is 15.0 Å². The Kier molecular flexibility index (Phi) is 11.3. The molecule has 0 spiro atoms. The summed E-state index contributed by atoms with van der Waals surface area (Å²) in [4.78, 5) is 39.6. The van der Waals surface area contributed by atoms with Crippen molar-refractivity contribution in [1.82, 2.24) is 15.0 Å². The average molecular weight is 568 g/mol. The van der Waals surface area contributed by atoms with Crippen molar-refractivity contribution < 1.29 is 33.3 Å². The van der Waals surface area contributed by atoms with Crippen molar-refractivity contribution in [3.63, 3.8) is 0 Å². The van der Waals surface area contributed by atoms with Crippen molar-refractivity contribution in [2.24, 2.45) is 17.8 Å². The molecule has 1 heterocycles. The van der Waals surface area contributed by atoms with E-state index in [0.717, 1.165) is 22.3 Å². The fourth-order valence-corrected chi connectivity index (χ4v) is 4.23. The number of rotatable bonds is 14. The van der Waals surface area contributed by atoms with Gasteiger partial charge in [-0.25, -0.2) is 0 Å². The van der Waals surface area contributed by atoms with Crippen LogP contribution < -0.4 is 4.74 Å². The molecule has 10 heteroatoms. The van der Waals surface area contributed by atoms with E-state index >= 15 is 0 Å². The van der Waals surface area contributed by atoms with Crippen LogP contribution in [0.15, 0.2) is 42.5 Å². The van der Waals surface area contributed by atoms with Crippen LogP contribution in [-0.4, -0.2) is 58.3 Å². The Bertz CT molecular complexity index is 1300. The second-order valence-corrected chi connectivity index (χ2v) is 10.8. The van der Waals surface area contributed by atoms with E-state index in [-0.39, 0.29) is 25.2 Å². The zero-order valence-electron chi connectivity index (χ0n) is 25.0. The molecular formula is C31H41N3O7. The lowest BCUT2D eigenvalue weighted by Gasteiger charge is -2.25. The van der Waals surface area contributed by atoms with Crippen LogP contribution >= 0.6 is 0 Å². The van der Waals surface area contributed by atoms with Gasteiger partial charge >= 0.3 is 17.9 Å². The SMILES string of the molecule is Cc1ccc(OCCCOC(=O)C(C)CC(C(=O)OC(C)C)C(C)C(=O)OC(C)C)c(-n2nc3ccccc3n2)c1. The molecule has 3 aromatic rings. The number of hydrogen-bond donors (Lipinski definition) is 0. The first-order chi connectivity index (χ1) is 19.5. The first-order valence-electron chi connectivity index (χ1n) is 14.1. The highest BCUT2D eigenvalue weighted by molar-refractivity contribution is 5.83. The molecule has 3 rings (SSSR count). The minimum Gasteiger partial charge on any atom is -0.491 e. The van der Waals surface area contributed by atoms with Crippen LogP contribution in [0.4, 0.5) is 0 Å². The van der Waals surface area contributed by atoms with Gasteiger partial charge in [-0.1, -0.05) is 32.0 Å². The molecular weight excluding hydrogens is 526 g/mol. The number of nitrogens with zero attached hydrogens (tertiary/aromatic N) is 3. The number of aromatic nitrogens is 3. The van der Waals surface area contributed by atoms with Crippen molar-refractivity contribution in [1.29, 1.82) is 0 Å². The summed E-state index contributed by atoms with van der Waals surface area (Å²) < 4.78 is 22.1. The summed E-state index contributed by atoms with van der Waals surface area (Å²) in [6.07, 6.45) is -0.107. The zero-order chi connectivity index (χ0) is 30.1. The molecule has 3 atom stereocenters. The monoisotopic (exact) mass is 567 g/mol. The van der Waals surface area contributed by atoms with Crippen LogP contribution in [0.5, 0.6) is 5.75 Å². The number of hydrogen-bond acceptors (Lipinski definition) is 9. The fraction of sp³-hybridized carbons (Fsp3) is 0.516. The fourth-order valence-electron chi connectivity index (χ4n) is 4.23. The van der Waals surface area contributed by atoms with Crippen LogP contribution in [0.1, 0.15) is 59.9 Å². The molecule has 10 nitrogen and oxygen atoms in total. The molecule has 0 aliphatic carbocycles. The normalized spacial score (nSPS) is 13.6. The van der Waals surface area contributed by atoms with Crippen molar-refractivity contribution in [2.45, 2.75) is 73.5 Å². The lowest BCUT2D eigenvalue weighted by Crippen LogP contribution is -2.35. The van der Waals surface area contributed by atoms with E-state index in [2.05, 4.69) is 10.2 Å². The molecule has 222 valence electrons. The predicted molar refractivity (Wildman–Crippen MR) is 154 cm³/mol. The maximum Gasteiger partial charge on any atom is 0.310 e. The lowest BCUT2D eigenvalue weighted by atomic mass is 9.85. The third-order valence-corrected chi connectivity index (χ3v) is 6.40. The Balaban J connectivity index is 1.54. The van der Waals surface area contributed by atoms with Gasteiger partial charge in [0, 0.05) is 6.42 Å². The smallest absolute Gasteiger partial charge is 0.310 e. The van der Waals surface area contributed by atoms with Gasteiger partial charge in [0.05, 0.1) is 43.2 Å². The van der Waals surface area contributed by atoms with Crippen LogP contribution in [-0.2, 0) is 28.6 Å². The standard InChI is InChI=1S/C31H41N3O7/c1-19(2)40-30(36)23(7)24(31(37)41-20(3)4)18-22(6)29(35)39-16-10-15-38-28-14-13-21(5)17-27(28)34-32-25-11-8-9-12-26(25)33-34/h8-9,11-14,17,19-20,22-24H,10,15-16,18H2,1-7H3. The quantitative estimate of drug-likeness (QED) is 0.147. The Labute approximate surface area is 241 Å². The Morgan fingerprint density at radius 1 is 0.805 bits per heavy atom. The van der Waals surface area contributed by atoms with Gasteiger partial charge in [-0.3, -0.25) is 14.4 Å². The van der Waals surface area contributed by atoms with Crippen molar-refractivity contribution in [3.8, 4) is 11.4 Å². The first kappa shape index (κ1) is 31.6. The highest BCUT2D eigenvalue weighted by atomic mass is 16.6. The molecule has 0 radical (unpaired) electrons. The van der Waals surface area contributed by atoms with E-state index in [9.17, 15) is 14.4 Å². The van der Waals surface area contributed by atoms with E-state index in [1.807, 2.05) is 49.4 Å². The summed E-state index contributed by atoms with van der Waals surface area (Å²) in [6, 6.07) is 13.4. The van der Waals surface area contributed by atoms with E-state index in [0.29, 0.717) is 18.8 Å². The number of carbonyl (C=O) groups is 3. The minimum absolute atomic E-state index is 0.104. The topological polar surface area (TPSA) is 119 Å². The third kappa shape index (κ3) is 9.03. The van der Waals surface area contributed by atoms with Gasteiger partial charge < -0.3 is 18.9 Å². The Morgan fingerprint density at radius 2 is 1.41 bits per heavy atom. The maximum atomic E-state index is 12.8. The molecule has 0 saturated heterocycles. The molecule has 0 N–H and O–H groups in total. The van der Waals surface area contributed by atoms with E-state index < -0.39 is 35.7 Å². The van der Waals surface area contributed by atoms with Gasteiger partial charge in [-0.2, -0.15) is 0 Å². The summed E-state index contributed by atoms with van der Waals surface area (Å²) in [5.41, 5.74) is 3.33. The van der Waals surface area contributed by atoms with Crippen LogP contribution in [0.3, 0.4) is 0 Å². The number of benzene rings is 2. The van der Waals surface area contributed by atoms with Crippen LogP contribution in [0.2, 0.25) is 0 Å². The Morgan fingerprint density at radius 3 is 2.02 bits per heavy atom. The third-order valence-electron chi connectivity index (χ3n) is 6.40. The number of aryl methyl sites for hydroxylation is 1. The molecule has 0 saturated carbocycles. The van der Waals surface area contributed by atoms with E-state index in [4.69, 9.17) is 18.9 Å². The maximum absolute atomic E-state index is 12.8. The van der Waals surface area contributed by atoms with Gasteiger partial charge in [-0.05, 0) is 70.9 Å². The van der Waals surface area contributed by atoms with Crippen molar-refractivity contribution in [3.05, 3.63) is 48.0 Å². The first-order valence-corrected chi connectivity index (χ1v) is 14.1. The summed E-state index contributed by atoms with van der Waals surface area (Å²) >= 11 is 0. The van der Waals surface area contributed by atoms with Crippen molar-refractivity contribution >= 4 is 28.9 Å². The molecule has 41 heavy (non-hydrogen) atoms. The Hall–Kier alpha value is -3.95. The van der Waals surface area contributed by atoms with Gasteiger partial charge in [0.1, 0.15) is 22.5 Å². The number of fused-ring (bicyclic) bond motifs is 1. The lowest BCUT2D eigenvalue weighted by molar-refractivity contribution is -0.166. The van der Waals surface area contributed by atoms with Crippen LogP contribution in [0, 0.1) is 24.7 Å². The second-order valence-electron chi connectivity index (χ2n) is 10.8.